The van der Waals surface area contributed by atoms with Crippen LogP contribution in [0.25, 0.3) is 0 Å². The van der Waals surface area contributed by atoms with Gasteiger partial charge in [-0.25, -0.2) is 0 Å². The van der Waals surface area contributed by atoms with Crippen molar-refractivity contribution in [1.82, 2.24) is 5.32 Å². The lowest BCUT2D eigenvalue weighted by atomic mass is 9.78. The van der Waals surface area contributed by atoms with Crippen molar-refractivity contribution in [2.75, 3.05) is 24.5 Å². The summed E-state index contributed by atoms with van der Waals surface area (Å²) in [6, 6.07) is 8.02. The smallest absolute Gasteiger partial charge is 0.233 e. The first-order valence-electron chi connectivity index (χ1n) is 6.50. The number of piperidine rings is 1. The Bertz CT molecular complexity index is 457. The van der Waals surface area contributed by atoms with Crippen LogP contribution in [0.4, 0.5) is 5.69 Å². The Labute approximate surface area is 128 Å². The van der Waals surface area contributed by atoms with Crippen molar-refractivity contribution in [2.24, 2.45) is 5.41 Å². The van der Waals surface area contributed by atoms with Crippen LogP contribution in [0.5, 0.6) is 0 Å². The molecular formula is C14H18BrClN2O. The number of halogens is 2. The van der Waals surface area contributed by atoms with Crippen LogP contribution in [-0.4, -0.2) is 25.5 Å². The van der Waals surface area contributed by atoms with Gasteiger partial charge < -0.3 is 10.2 Å². The molecule has 1 aromatic carbocycles. The van der Waals surface area contributed by atoms with Crippen LogP contribution in [-0.2, 0) is 4.79 Å². The number of hydrogen-bond donors (Lipinski definition) is 1. The summed E-state index contributed by atoms with van der Waals surface area (Å²) >= 11 is 3.43. The van der Waals surface area contributed by atoms with E-state index in [1.165, 1.54) is 0 Å². The van der Waals surface area contributed by atoms with Crippen LogP contribution >= 0.6 is 28.3 Å². The summed E-state index contributed by atoms with van der Waals surface area (Å²) in [4.78, 5) is 14.6. The number of amides is 1. The van der Waals surface area contributed by atoms with Gasteiger partial charge in [-0.3, -0.25) is 4.79 Å². The quantitative estimate of drug-likeness (QED) is 0.848. The van der Waals surface area contributed by atoms with E-state index in [0.29, 0.717) is 5.91 Å². The summed E-state index contributed by atoms with van der Waals surface area (Å²) in [7, 11) is 0. The standard InChI is InChI=1S/C14H17BrN2O.ClH/c15-11-1-3-12(4-2-11)17-10-7-14(13(17)18)5-8-16-9-6-14;/h1-4,16H,5-10H2;1H. The molecule has 19 heavy (non-hydrogen) atoms. The topological polar surface area (TPSA) is 32.3 Å². The number of benzene rings is 1. The molecule has 1 aromatic rings. The van der Waals surface area contributed by atoms with Gasteiger partial charge in [0.15, 0.2) is 0 Å². The van der Waals surface area contributed by atoms with Gasteiger partial charge in [0.05, 0.1) is 5.41 Å². The molecule has 0 bridgehead atoms. The molecule has 5 heteroatoms. The second-order valence-corrected chi connectivity index (χ2v) is 6.13. The largest absolute Gasteiger partial charge is 0.317 e. The third-order valence-electron chi connectivity index (χ3n) is 4.21. The highest BCUT2D eigenvalue weighted by molar-refractivity contribution is 9.10. The highest BCUT2D eigenvalue weighted by Gasteiger charge is 2.47. The molecule has 2 aliphatic rings. The molecule has 104 valence electrons. The number of rotatable bonds is 1. The van der Waals surface area contributed by atoms with E-state index in [-0.39, 0.29) is 17.8 Å². The zero-order chi connectivity index (χ0) is 12.6. The monoisotopic (exact) mass is 344 g/mol. The second-order valence-electron chi connectivity index (χ2n) is 5.21. The molecule has 1 spiro atoms. The molecule has 0 aliphatic carbocycles. The number of carbonyl (C=O) groups excluding carboxylic acids is 1. The number of carbonyl (C=O) groups is 1. The molecule has 2 heterocycles. The van der Waals surface area contributed by atoms with Crippen molar-refractivity contribution < 1.29 is 4.79 Å². The van der Waals surface area contributed by atoms with Gasteiger partial charge in [-0.1, -0.05) is 15.9 Å². The van der Waals surface area contributed by atoms with E-state index in [1.54, 1.807) is 0 Å². The fourth-order valence-corrected chi connectivity index (χ4v) is 3.32. The predicted molar refractivity (Wildman–Crippen MR) is 82.9 cm³/mol. The fraction of sp³-hybridized carbons (Fsp3) is 0.500. The average Bonchev–Trinajstić information content (AvgIpc) is 2.70. The lowest BCUT2D eigenvalue weighted by Crippen LogP contribution is -2.42. The van der Waals surface area contributed by atoms with Gasteiger partial charge in [0.25, 0.3) is 0 Å². The Morgan fingerprint density at radius 1 is 1.11 bits per heavy atom. The van der Waals surface area contributed by atoms with Crippen LogP contribution in [0.1, 0.15) is 19.3 Å². The number of nitrogens with zero attached hydrogens (tertiary/aromatic N) is 1. The SMILES string of the molecule is Cl.O=C1N(c2ccc(Br)cc2)CCC12CCNCC2. The lowest BCUT2D eigenvalue weighted by molar-refractivity contribution is -0.126. The van der Waals surface area contributed by atoms with E-state index in [1.807, 2.05) is 29.2 Å². The van der Waals surface area contributed by atoms with Crippen molar-refractivity contribution in [3.05, 3.63) is 28.7 Å². The van der Waals surface area contributed by atoms with Crippen LogP contribution in [0.15, 0.2) is 28.7 Å². The third kappa shape index (κ3) is 2.67. The van der Waals surface area contributed by atoms with Crippen LogP contribution < -0.4 is 10.2 Å². The summed E-state index contributed by atoms with van der Waals surface area (Å²) < 4.78 is 1.05. The van der Waals surface area contributed by atoms with Crippen LogP contribution in [0.3, 0.4) is 0 Å². The molecule has 3 nitrogen and oxygen atoms in total. The molecule has 0 unspecified atom stereocenters. The number of anilines is 1. The van der Waals surface area contributed by atoms with E-state index in [4.69, 9.17) is 0 Å². The van der Waals surface area contributed by atoms with Crippen molar-refractivity contribution in [1.29, 1.82) is 0 Å². The molecular weight excluding hydrogens is 328 g/mol. The van der Waals surface area contributed by atoms with Crippen molar-refractivity contribution in [2.45, 2.75) is 19.3 Å². The molecule has 0 aromatic heterocycles. The first kappa shape index (κ1) is 14.8. The van der Waals surface area contributed by atoms with E-state index in [2.05, 4.69) is 21.2 Å². The minimum Gasteiger partial charge on any atom is -0.317 e. The average molecular weight is 346 g/mol. The van der Waals surface area contributed by atoms with Gasteiger partial charge in [-0.15, -0.1) is 12.4 Å². The van der Waals surface area contributed by atoms with Crippen molar-refractivity contribution >= 4 is 39.9 Å². The van der Waals surface area contributed by atoms with E-state index in [9.17, 15) is 4.79 Å². The zero-order valence-corrected chi connectivity index (χ0v) is 13.1. The fourth-order valence-electron chi connectivity index (χ4n) is 3.06. The summed E-state index contributed by atoms with van der Waals surface area (Å²) in [5, 5.41) is 3.34. The van der Waals surface area contributed by atoms with Gasteiger partial charge in [0, 0.05) is 16.7 Å². The Balaban J connectivity index is 0.00000133. The third-order valence-corrected chi connectivity index (χ3v) is 4.74. The first-order valence-corrected chi connectivity index (χ1v) is 7.29. The Morgan fingerprint density at radius 3 is 2.37 bits per heavy atom. The molecule has 1 amide bonds. The highest BCUT2D eigenvalue weighted by atomic mass is 79.9. The van der Waals surface area contributed by atoms with Gasteiger partial charge in [-0.05, 0) is 56.6 Å². The predicted octanol–water partition coefficient (Wildman–Crippen LogP) is 2.98. The van der Waals surface area contributed by atoms with E-state index < -0.39 is 0 Å². The maximum Gasteiger partial charge on any atom is 0.233 e. The van der Waals surface area contributed by atoms with Gasteiger partial charge >= 0.3 is 0 Å². The summed E-state index contributed by atoms with van der Waals surface area (Å²) in [5.41, 5.74) is 0.941. The van der Waals surface area contributed by atoms with Crippen LogP contribution in [0.2, 0.25) is 0 Å². The number of nitrogens with one attached hydrogen (secondary N) is 1. The molecule has 1 N–H and O–H groups in total. The molecule has 0 atom stereocenters. The van der Waals surface area contributed by atoms with Crippen molar-refractivity contribution in [3.63, 3.8) is 0 Å². The molecule has 0 radical (unpaired) electrons. The van der Waals surface area contributed by atoms with Crippen LogP contribution in [0, 0.1) is 5.41 Å². The minimum absolute atomic E-state index is 0. The summed E-state index contributed by atoms with van der Waals surface area (Å²) in [6.45, 7) is 2.81. The zero-order valence-electron chi connectivity index (χ0n) is 10.7. The maximum atomic E-state index is 12.7. The number of hydrogen-bond acceptors (Lipinski definition) is 2. The van der Waals surface area contributed by atoms with Gasteiger partial charge in [0.2, 0.25) is 5.91 Å². The summed E-state index contributed by atoms with van der Waals surface area (Å²) in [5.74, 6) is 0.325. The highest BCUT2D eigenvalue weighted by Crippen LogP contribution is 2.41. The van der Waals surface area contributed by atoms with Gasteiger partial charge in [0.1, 0.15) is 0 Å². The van der Waals surface area contributed by atoms with E-state index in [0.717, 1.165) is 49.1 Å². The molecule has 2 saturated heterocycles. The molecule has 3 rings (SSSR count). The maximum absolute atomic E-state index is 12.7. The first-order chi connectivity index (χ1) is 8.71. The lowest BCUT2D eigenvalue weighted by Gasteiger charge is -2.32. The Morgan fingerprint density at radius 2 is 1.74 bits per heavy atom. The summed E-state index contributed by atoms with van der Waals surface area (Å²) in [6.07, 6.45) is 2.97. The molecule has 2 fully saturated rings. The Hall–Kier alpha value is -0.580. The van der Waals surface area contributed by atoms with Gasteiger partial charge in [-0.2, -0.15) is 0 Å². The van der Waals surface area contributed by atoms with Crippen molar-refractivity contribution in [3.8, 4) is 0 Å². The molecule has 2 aliphatic heterocycles. The Kier molecular flexibility index (Phi) is 4.54. The van der Waals surface area contributed by atoms with E-state index >= 15 is 0 Å². The normalized spacial score (nSPS) is 21.5. The minimum atomic E-state index is -0.0850. The second kappa shape index (κ2) is 5.81. The molecule has 0 saturated carbocycles.